The molecule has 1 aliphatic rings. The van der Waals surface area contributed by atoms with Crippen LogP contribution in [0.1, 0.15) is 22.3 Å². The molecule has 8 nitrogen and oxygen atoms in total. The second kappa shape index (κ2) is 9.84. The molecule has 0 radical (unpaired) electrons. The van der Waals surface area contributed by atoms with E-state index in [1.165, 1.54) is 6.20 Å². The highest BCUT2D eigenvalue weighted by Gasteiger charge is 2.17. The molecule has 0 aliphatic carbocycles. The fraction of sp³-hybridized carbons (Fsp3) is 0.421. The normalized spacial score (nSPS) is 16.1. The number of amides is 1. The summed E-state index contributed by atoms with van der Waals surface area (Å²) < 4.78 is 21.4. The highest BCUT2D eigenvalue weighted by Crippen LogP contribution is 2.15. The molecule has 1 N–H and O–H groups in total. The van der Waals surface area contributed by atoms with Gasteiger partial charge in [-0.2, -0.15) is 0 Å². The zero-order valence-corrected chi connectivity index (χ0v) is 15.2. The van der Waals surface area contributed by atoms with Crippen LogP contribution in [0.5, 0.6) is 11.8 Å². The second-order valence-electron chi connectivity index (χ2n) is 6.01. The van der Waals surface area contributed by atoms with Gasteiger partial charge in [0.05, 0.1) is 25.4 Å². The van der Waals surface area contributed by atoms with E-state index < -0.39 is 0 Å². The van der Waals surface area contributed by atoms with Gasteiger partial charge in [-0.15, -0.1) is 0 Å². The third-order valence-corrected chi connectivity index (χ3v) is 3.96. The molecule has 1 aliphatic heterocycles. The summed E-state index contributed by atoms with van der Waals surface area (Å²) >= 11 is 0. The number of nitrogens with one attached hydrogen (secondary N) is 1. The fourth-order valence-corrected chi connectivity index (χ4v) is 2.51. The first-order chi connectivity index (χ1) is 13.2. The lowest BCUT2D eigenvalue weighted by atomic mass is 10.2. The predicted octanol–water partition coefficient (Wildman–Crippen LogP) is 1.60. The summed E-state index contributed by atoms with van der Waals surface area (Å²) in [5.41, 5.74) is 1.36. The van der Waals surface area contributed by atoms with Crippen LogP contribution in [0, 0.1) is 0 Å². The van der Waals surface area contributed by atoms with Crippen LogP contribution in [-0.4, -0.2) is 55.5 Å². The Morgan fingerprint density at radius 1 is 1.26 bits per heavy atom. The van der Waals surface area contributed by atoms with Crippen LogP contribution >= 0.6 is 0 Å². The van der Waals surface area contributed by atoms with Gasteiger partial charge in [0.2, 0.25) is 11.8 Å². The molecule has 1 saturated heterocycles. The standard InChI is InChI=1S/C19H23N3O5/c1-24-8-9-26-18-10-14(4-6-20-18)11-22-19(23)15-2-3-17(21-12-15)27-16-5-7-25-13-16/h2-4,6,10,12,16H,5,7-9,11,13H2,1H3,(H,22,23). The number of nitrogens with zero attached hydrogens (tertiary/aromatic N) is 2. The van der Waals surface area contributed by atoms with Crippen LogP contribution in [0.3, 0.4) is 0 Å². The van der Waals surface area contributed by atoms with E-state index in [-0.39, 0.29) is 12.0 Å². The molecule has 1 amide bonds. The molecule has 0 saturated carbocycles. The Kier molecular flexibility index (Phi) is 6.95. The summed E-state index contributed by atoms with van der Waals surface area (Å²) in [6.45, 7) is 2.56. The number of ether oxygens (including phenoxy) is 4. The van der Waals surface area contributed by atoms with E-state index in [1.54, 1.807) is 31.5 Å². The zero-order chi connectivity index (χ0) is 18.9. The maximum Gasteiger partial charge on any atom is 0.253 e. The number of carbonyl (C=O) groups is 1. The quantitative estimate of drug-likeness (QED) is 0.668. The van der Waals surface area contributed by atoms with E-state index in [0.29, 0.717) is 50.3 Å². The van der Waals surface area contributed by atoms with Crippen molar-refractivity contribution in [2.75, 3.05) is 33.5 Å². The van der Waals surface area contributed by atoms with E-state index >= 15 is 0 Å². The number of pyridine rings is 2. The molecule has 2 aromatic heterocycles. The van der Waals surface area contributed by atoms with Gasteiger partial charge < -0.3 is 24.3 Å². The first kappa shape index (κ1) is 19.1. The van der Waals surface area contributed by atoms with Crippen LogP contribution in [0.25, 0.3) is 0 Å². The molecule has 3 heterocycles. The fourth-order valence-electron chi connectivity index (χ4n) is 2.51. The highest BCUT2D eigenvalue weighted by atomic mass is 16.5. The third kappa shape index (κ3) is 5.90. The van der Waals surface area contributed by atoms with Gasteiger partial charge in [-0.1, -0.05) is 0 Å². The Balaban J connectivity index is 1.49. The van der Waals surface area contributed by atoms with Crippen LogP contribution in [0.2, 0.25) is 0 Å². The Labute approximate surface area is 157 Å². The number of hydrogen-bond donors (Lipinski definition) is 1. The lowest BCUT2D eigenvalue weighted by Gasteiger charge is -2.11. The van der Waals surface area contributed by atoms with Gasteiger partial charge in [0.1, 0.15) is 12.7 Å². The lowest BCUT2D eigenvalue weighted by Crippen LogP contribution is -2.23. The smallest absolute Gasteiger partial charge is 0.253 e. The Bertz CT molecular complexity index is 732. The monoisotopic (exact) mass is 373 g/mol. The van der Waals surface area contributed by atoms with Crippen molar-refractivity contribution in [1.82, 2.24) is 15.3 Å². The Hall–Kier alpha value is -2.71. The number of rotatable bonds is 9. The average Bonchev–Trinajstić information content (AvgIpc) is 3.20. The van der Waals surface area contributed by atoms with Gasteiger partial charge >= 0.3 is 0 Å². The van der Waals surface area contributed by atoms with Gasteiger partial charge in [-0.25, -0.2) is 9.97 Å². The van der Waals surface area contributed by atoms with Crippen molar-refractivity contribution in [1.29, 1.82) is 0 Å². The topological polar surface area (TPSA) is 91.8 Å². The average molecular weight is 373 g/mol. The van der Waals surface area contributed by atoms with Crippen molar-refractivity contribution < 1.29 is 23.7 Å². The Morgan fingerprint density at radius 2 is 2.19 bits per heavy atom. The summed E-state index contributed by atoms with van der Waals surface area (Å²) in [7, 11) is 1.61. The van der Waals surface area contributed by atoms with E-state index in [1.807, 2.05) is 6.07 Å². The zero-order valence-electron chi connectivity index (χ0n) is 15.2. The highest BCUT2D eigenvalue weighted by molar-refractivity contribution is 5.93. The minimum atomic E-state index is -0.211. The van der Waals surface area contributed by atoms with Crippen molar-refractivity contribution >= 4 is 5.91 Å². The molecular weight excluding hydrogens is 350 g/mol. The lowest BCUT2D eigenvalue weighted by molar-refractivity contribution is 0.0950. The molecule has 1 fully saturated rings. The van der Waals surface area contributed by atoms with Crippen LogP contribution in [0.15, 0.2) is 36.7 Å². The maximum absolute atomic E-state index is 12.3. The van der Waals surface area contributed by atoms with Crippen LogP contribution in [-0.2, 0) is 16.0 Å². The number of aromatic nitrogens is 2. The third-order valence-electron chi connectivity index (χ3n) is 3.96. The van der Waals surface area contributed by atoms with E-state index in [2.05, 4.69) is 15.3 Å². The maximum atomic E-state index is 12.3. The van der Waals surface area contributed by atoms with Crippen molar-refractivity contribution in [2.24, 2.45) is 0 Å². The molecule has 1 atom stereocenters. The molecule has 0 aromatic carbocycles. The van der Waals surface area contributed by atoms with Gasteiger partial charge in [0.25, 0.3) is 5.91 Å². The molecule has 2 aromatic rings. The number of hydrogen-bond acceptors (Lipinski definition) is 7. The van der Waals surface area contributed by atoms with E-state index in [0.717, 1.165) is 12.0 Å². The number of carbonyl (C=O) groups excluding carboxylic acids is 1. The summed E-state index contributed by atoms with van der Waals surface area (Å²) in [4.78, 5) is 20.6. The Morgan fingerprint density at radius 3 is 2.93 bits per heavy atom. The molecule has 27 heavy (non-hydrogen) atoms. The molecular formula is C19H23N3O5. The van der Waals surface area contributed by atoms with Gasteiger partial charge in [0, 0.05) is 44.6 Å². The molecule has 3 rings (SSSR count). The van der Waals surface area contributed by atoms with Crippen LogP contribution in [0.4, 0.5) is 0 Å². The predicted molar refractivity (Wildman–Crippen MR) is 96.9 cm³/mol. The van der Waals surface area contributed by atoms with Crippen LogP contribution < -0.4 is 14.8 Å². The largest absolute Gasteiger partial charge is 0.475 e. The summed E-state index contributed by atoms with van der Waals surface area (Å²) in [6.07, 6.45) is 4.03. The minimum Gasteiger partial charge on any atom is -0.475 e. The van der Waals surface area contributed by atoms with E-state index in [4.69, 9.17) is 18.9 Å². The first-order valence-electron chi connectivity index (χ1n) is 8.80. The summed E-state index contributed by atoms with van der Waals surface area (Å²) in [6, 6.07) is 7.00. The summed E-state index contributed by atoms with van der Waals surface area (Å²) in [5, 5.41) is 2.85. The first-order valence-corrected chi connectivity index (χ1v) is 8.80. The summed E-state index contributed by atoms with van der Waals surface area (Å²) in [5.74, 6) is 0.781. The van der Waals surface area contributed by atoms with Gasteiger partial charge in [-0.05, 0) is 17.7 Å². The van der Waals surface area contributed by atoms with Crippen molar-refractivity contribution in [3.05, 3.63) is 47.8 Å². The van der Waals surface area contributed by atoms with Crippen molar-refractivity contribution in [2.45, 2.75) is 19.1 Å². The molecule has 8 heteroatoms. The van der Waals surface area contributed by atoms with E-state index in [9.17, 15) is 4.79 Å². The van der Waals surface area contributed by atoms with Crippen molar-refractivity contribution in [3.63, 3.8) is 0 Å². The second-order valence-corrected chi connectivity index (χ2v) is 6.01. The molecule has 0 bridgehead atoms. The number of methoxy groups -OCH3 is 1. The molecule has 144 valence electrons. The molecule has 1 unspecified atom stereocenters. The molecule has 0 spiro atoms. The van der Waals surface area contributed by atoms with Gasteiger partial charge in [0.15, 0.2) is 0 Å². The SMILES string of the molecule is COCCOc1cc(CNC(=O)c2ccc(OC3CCOC3)nc2)ccn1. The van der Waals surface area contributed by atoms with Gasteiger partial charge in [-0.3, -0.25) is 4.79 Å². The minimum absolute atomic E-state index is 0.0316. The van der Waals surface area contributed by atoms with Crippen molar-refractivity contribution in [3.8, 4) is 11.8 Å².